The molecular weight excluding hydrogens is 803 g/mol. The van der Waals surface area contributed by atoms with E-state index in [4.69, 9.17) is 35.4 Å². The minimum Gasteiger partial charge on any atom is -0.741 e. The van der Waals surface area contributed by atoms with Crippen LogP contribution < -0.4 is 9.47 Å². The van der Waals surface area contributed by atoms with Crippen LogP contribution in [-0.2, 0) is 42.0 Å². The van der Waals surface area contributed by atoms with Crippen molar-refractivity contribution >= 4 is 66.3 Å². The first-order valence-electron chi connectivity index (χ1n) is 16.1. The lowest BCUT2D eigenvalue weighted by atomic mass is 10.1. The Bertz CT molecular complexity index is 1720. The summed E-state index contributed by atoms with van der Waals surface area (Å²) in [6.07, 6.45) is 21.9. The van der Waals surface area contributed by atoms with E-state index in [9.17, 15) is 26.3 Å². The molecule has 302 valence electrons. The SMILES string of the molecule is CCCCOc1cc(C=Cc2ccc([S+](C)C)cc2)c(OCCCC)cc1C=Cc1ccc([S+](C)C)cc1.O=S(=O)([O-])C(F)(F)F.O=S(=O)([O-])C(F)(F)F. The zero-order valence-corrected chi connectivity index (χ0v) is 33.8. The predicted molar refractivity (Wildman–Crippen MR) is 204 cm³/mol. The molecule has 0 amide bonds. The van der Waals surface area contributed by atoms with Crippen LogP contribution in [0.15, 0.2) is 70.5 Å². The molecule has 0 aliphatic heterocycles. The number of alkyl halides is 6. The summed E-state index contributed by atoms with van der Waals surface area (Å²) in [7, 11) is -11.6. The molecule has 8 nitrogen and oxygen atoms in total. The average Bonchev–Trinajstić information content (AvgIpc) is 3.06. The van der Waals surface area contributed by atoms with Gasteiger partial charge in [0.05, 0.1) is 13.2 Å². The summed E-state index contributed by atoms with van der Waals surface area (Å²) in [6, 6.07) is 21.9. The van der Waals surface area contributed by atoms with E-state index < -0.39 is 31.3 Å². The lowest BCUT2D eigenvalue weighted by molar-refractivity contribution is -0.0522. The zero-order valence-electron chi connectivity index (χ0n) is 30.5. The number of halogens is 6. The monoisotopic (exact) mass is 846 g/mol. The number of rotatable bonds is 14. The first-order chi connectivity index (χ1) is 24.9. The van der Waals surface area contributed by atoms with E-state index in [0.29, 0.717) is 13.2 Å². The molecule has 54 heavy (non-hydrogen) atoms. The van der Waals surface area contributed by atoms with E-state index in [2.05, 4.69) is 124 Å². The van der Waals surface area contributed by atoms with Crippen molar-refractivity contribution in [3.63, 3.8) is 0 Å². The summed E-state index contributed by atoms with van der Waals surface area (Å²) in [5, 5.41) is 0. The Hall–Kier alpha value is -3.16. The maximum absolute atomic E-state index is 10.7. The van der Waals surface area contributed by atoms with Crippen LogP contribution in [0.3, 0.4) is 0 Å². The number of unbranched alkanes of at least 4 members (excludes halogenated alkanes) is 2. The summed E-state index contributed by atoms with van der Waals surface area (Å²) >= 11 is 0. The molecule has 0 aliphatic rings. The van der Waals surface area contributed by atoms with Crippen LogP contribution in [0.4, 0.5) is 26.3 Å². The molecule has 0 atom stereocenters. The molecule has 3 aromatic rings. The molecule has 0 aromatic heterocycles. The number of hydrogen-bond donors (Lipinski definition) is 0. The number of ether oxygens (including phenoxy) is 2. The number of hydrogen-bond acceptors (Lipinski definition) is 8. The molecule has 0 spiro atoms. The molecule has 0 aliphatic carbocycles. The van der Waals surface area contributed by atoms with Crippen molar-refractivity contribution in [3.8, 4) is 11.5 Å². The zero-order chi connectivity index (χ0) is 41.3. The van der Waals surface area contributed by atoms with Gasteiger partial charge in [0.25, 0.3) is 0 Å². The van der Waals surface area contributed by atoms with Crippen LogP contribution in [0.25, 0.3) is 24.3 Å². The lowest BCUT2D eigenvalue weighted by Gasteiger charge is -2.15. The normalized spacial score (nSPS) is 12.4. The molecule has 3 aromatic carbocycles. The molecule has 3 rings (SSSR count). The van der Waals surface area contributed by atoms with Crippen molar-refractivity contribution in [2.24, 2.45) is 0 Å². The van der Waals surface area contributed by atoms with E-state index >= 15 is 0 Å². The Balaban J connectivity index is 0.000000757. The summed E-state index contributed by atoms with van der Waals surface area (Å²) in [6.45, 7) is 5.79. The van der Waals surface area contributed by atoms with E-state index in [1.54, 1.807) is 0 Å². The van der Waals surface area contributed by atoms with Crippen LogP contribution in [0, 0.1) is 0 Å². The largest absolute Gasteiger partial charge is 0.741 e. The predicted octanol–water partition coefficient (Wildman–Crippen LogP) is 8.96. The van der Waals surface area contributed by atoms with Gasteiger partial charge in [-0.2, -0.15) is 26.3 Å². The van der Waals surface area contributed by atoms with Crippen LogP contribution >= 0.6 is 0 Å². The summed E-state index contributed by atoms with van der Waals surface area (Å²) < 4.78 is 130. The van der Waals surface area contributed by atoms with E-state index in [1.807, 2.05) is 0 Å². The van der Waals surface area contributed by atoms with E-state index in [0.717, 1.165) is 48.3 Å². The van der Waals surface area contributed by atoms with Crippen molar-refractivity contribution in [3.05, 3.63) is 82.9 Å². The standard InChI is InChI=1S/C34H44O2S2.2CHF3O3S/c1-7-9-23-35-33-25-30(18-12-28-15-21-32(22-16-28)38(5)6)34(36-24-10-8-2)26-29(33)17-11-27-13-19-31(20-14-27)37(3)4;2*2-1(3,4)8(5,6)7/h11-22,25-26H,7-10,23-24H2,1-6H3;2*(H,5,6,7)/q+2;;/p-2. The molecule has 0 saturated carbocycles. The fourth-order valence-corrected chi connectivity index (χ4v) is 5.19. The van der Waals surface area contributed by atoms with Gasteiger partial charge in [0, 0.05) is 32.9 Å². The average molecular weight is 847 g/mol. The third-order valence-electron chi connectivity index (χ3n) is 6.83. The molecule has 0 heterocycles. The van der Waals surface area contributed by atoms with Gasteiger partial charge in [0.1, 0.15) is 36.5 Å². The molecule has 0 unspecified atom stereocenters. The maximum Gasteiger partial charge on any atom is 0.485 e. The van der Waals surface area contributed by atoms with Gasteiger partial charge in [-0.15, -0.1) is 0 Å². The molecule has 0 N–H and O–H groups in total. The summed E-state index contributed by atoms with van der Waals surface area (Å²) in [5.74, 6) is 1.79. The summed E-state index contributed by atoms with van der Waals surface area (Å²) in [5.41, 5.74) is -6.84. The number of benzene rings is 3. The van der Waals surface area contributed by atoms with Crippen molar-refractivity contribution in [1.82, 2.24) is 0 Å². The molecule has 0 fully saturated rings. The van der Waals surface area contributed by atoms with Gasteiger partial charge in [-0.25, -0.2) is 16.8 Å². The van der Waals surface area contributed by atoms with Crippen molar-refractivity contribution < 1.29 is 61.8 Å². The smallest absolute Gasteiger partial charge is 0.485 e. The molecular formula is C36H44F6O8S4. The van der Waals surface area contributed by atoms with Gasteiger partial charge in [0.15, 0.2) is 30.0 Å². The molecule has 0 radical (unpaired) electrons. The van der Waals surface area contributed by atoms with Gasteiger partial charge in [0.2, 0.25) is 0 Å². The van der Waals surface area contributed by atoms with Crippen molar-refractivity contribution in [2.45, 2.75) is 60.3 Å². The third-order valence-corrected chi connectivity index (χ3v) is 10.4. The van der Waals surface area contributed by atoms with E-state index in [1.165, 1.54) is 20.9 Å². The summed E-state index contributed by atoms with van der Waals surface area (Å²) in [4.78, 5) is 2.76. The van der Waals surface area contributed by atoms with Crippen LogP contribution in [0.2, 0.25) is 0 Å². The molecule has 0 saturated heterocycles. The fourth-order valence-electron chi connectivity index (χ4n) is 3.83. The van der Waals surface area contributed by atoms with Crippen molar-refractivity contribution in [2.75, 3.05) is 38.2 Å². The minimum absolute atomic E-state index is 0.268. The van der Waals surface area contributed by atoms with Crippen LogP contribution in [0.5, 0.6) is 11.5 Å². The Morgan fingerprint density at radius 1 is 0.574 bits per heavy atom. The Morgan fingerprint density at radius 3 is 1.07 bits per heavy atom. The Kier molecular flexibility index (Phi) is 20.3. The highest BCUT2D eigenvalue weighted by Gasteiger charge is 2.37. The first-order valence-corrected chi connectivity index (χ1v) is 23.0. The lowest BCUT2D eigenvalue weighted by Crippen LogP contribution is -2.21. The topological polar surface area (TPSA) is 133 Å². The Morgan fingerprint density at radius 2 is 0.852 bits per heavy atom. The van der Waals surface area contributed by atoms with Gasteiger partial charge in [-0.05, 0) is 60.4 Å². The van der Waals surface area contributed by atoms with E-state index in [-0.39, 0.29) is 21.8 Å². The highest BCUT2D eigenvalue weighted by atomic mass is 32.2. The highest BCUT2D eigenvalue weighted by Crippen LogP contribution is 2.33. The van der Waals surface area contributed by atoms with Gasteiger partial charge in [-0.3, -0.25) is 0 Å². The van der Waals surface area contributed by atoms with Crippen LogP contribution in [0.1, 0.15) is 61.8 Å². The fraction of sp³-hybridized carbons (Fsp3) is 0.389. The highest BCUT2D eigenvalue weighted by molar-refractivity contribution is 7.95. The second-order valence-corrected chi connectivity index (χ2v) is 18.5. The van der Waals surface area contributed by atoms with Gasteiger partial charge >= 0.3 is 11.0 Å². The van der Waals surface area contributed by atoms with Crippen molar-refractivity contribution in [1.29, 1.82) is 0 Å². The second kappa shape index (κ2) is 22.4. The first kappa shape index (κ1) is 48.9. The maximum atomic E-state index is 10.7. The van der Waals surface area contributed by atoms with Gasteiger partial charge < -0.3 is 18.6 Å². The minimum atomic E-state index is -6.09. The Labute approximate surface area is 319 Å². The molecule has 0 bridgehead atoms. The quantitative estimate of drug-likeness (QED) is 0.0392. The van der Waals surface area contributed by atoms with Crippen LogP contribution in [-0.4, -0.2) is 75.2 Å². The third kappa shape index (κ3) is 18.0. The second-order valence-electron chi connectivity index (χ2n) is 11.6. The van der Waals surface area contributed by atoms with Gasteiger partial charge in [-0.1, -0.05) is 75.3 Å². The molecule has 18 heteroatoms.